The number of anilines is 1. The van der Waals surface area contributed by atoms with Gasteiger partial charge in [0.05, 0.1) is 11.0 Å². The van der Waals surface area contributed by atoms with Crippen molar-refractivity contribution in [2.24, 2.45) is 0 Å². The second-order valence-electron chi connectivity index (χ2n) is 7.88. The molecule has 1 aromatic carbocycles. The van der Waals surface area contributed by atoms with Gasteiger partial charge in [-0.2, -0.15) is 5.10 Å². The van der Waals surface area contributed by atoms with Crippen LogP contribution in [0.3, 0.4) is 0 Å². The lowest BCUT2D eigenvalue weighted by molar-refractivity contribution is 0.0966. The number of furan rings is 1. The van der Waals surface area contributed by atoms with E-state index in [1.165, 1.54) is 16.0 Å². The first-order chi connectivity index (χ1) is 15.0. The molecule has 0 bridgehead atoms. The molecule has 0 aliphatic carbocycles. The number of hydrogen-bond donors (Lipinski definition) is 0. The molecule has 0 amide bonds. The standard InChI is InChI=1S/C23H22N4O3S/c1-14-7-8-16(12-15(14)2)17(28)13-27-22(29)20-21(19(25-27)18-6-5-11-30-18)31-23(24-20)26-9-3-4-10-26/h5-8,11-12H,3-4,9-10,13H2,1-2H3. The number of aryl methyl sites for hydroxylation is 2. The van der Waals surface area contributed by atoms with Gasteiger partial charge in [0.1, 0.15) is 12.2 Å². The van der Waals surface area contributed by atoms with Crippen molar-refractivity contribution in [2.45, 2.75) is 33.2 Å². The van der Waals surface area contributed by atoms with Gasteiger partial charge in [-0.15, -0.1) is 0 Å². The molecule has 8 heteroatoms. The summed E-state index contributed by atoms with van der Waals surface area (Å²) in [6.45, 7) is 5.68. The zero-order valence-electron chi connectivity index (χ0n) is 17.4. The third kappa shape index (κ3) is 3.57. The predicted molar refractivity (Wildman–Crippen MR) is 121 cm³/mol. The van der Waals surface area contributed by atoms with Crippen LogP contribution in [0.15, 0.2) is 45.8 Å². The number of carbonyl (C=O) groups excluding carboxylic acids is 1. The van der Waals surface area contributed by atoms with Crippen LogP contribution in [0.1, 0.15) is 34.3 Å². The molecule has 3 aromatic heterocycles. The van der Waals surface area contributed by atoms with Crippen LogP contribution in [-0.2, 0) is 6.54 Å². The van der Waals surface area contributed by atoms with E-state index in [0.29, 0.717) is 27.2 Å². The van der Waals surface area contributed by atoms with Crippen LogP contribution in [0.2, 0.25) is 0 Å². The zero-order valence-corrected chi connectivity index (χ0v) is 18.2. The number of nitrogens with zero attached hydrogens (tertiary/aromatic N) is 4. The summed E-state index contributed by atoms with van der Waals surface area (Å²) in [6.07, 6.45) is 3.81. The van der Waals surface area contributed by atoms with Crippen LogP contribution in [0, 0.1) is 13.8 Å². The Hall–Kier alpha value is -3.26. The van der Waals surface area contributed by atoms with Crippen molar-refractivity contribution in [3.05, 3.63) is 63.6 Å². The van der Waals surface area contributed by atoms with Crippen molar-refractivity contribution in [3.8, 4) is 11.5 Å². The van der Waals surface area contributed by atoms with E-state index < -0.39 is 0 Å². The highest BCUT2D eigenvalue weighted by Crippen LogP contribution is 2.35. The number of ketones is 1. The third-order valence-electron chi connectivity index (χ3n) is 5.74. The second kappa shape index (κ2) is 7.77. The molecule has 0 saturated carbocycles. The van der Waals surface area contributed by atoms with Gasteiger partial charge in [-0.25, -0.2) is 9.67 Å². The largest absolute Gasteiger partial charge is 0.463 e. The molecule has 0 atom stereocenters. The fourth-order valence-electron chi connectivity index (χ4n) is 3.82. The molecular formula is C23H22N4O3S. The molecule has 158 valence electrons. The van der Waals surface area contributed by atoms with Gasteiger partial charge in [-0.1, -0.05) is 23.5 Å². The maximum absolute atomic E-state index is 13.2. The average Bonchev–Trinajstić information content (AvgIpc) is 3.53. The van der Waals surface area contributed by atoms with Gasteiger partial charge in [0, 0.05) is 18.7 Å². The lowest BCUT2D eigenvalue weighted by Crippen LogP contribution is -2.27. The van der Waals surface area contributed by atoms with Crippen LogP contribution < -0.4 is 10.5 Å². The number of aromatic nitrogens is 3. The molecule has 31 heavy (non-hydrogen) atoms. The van der Waals surface area contributed by atoms with Gasteiger partial charge in [0.25, 0.3) is 5.56 Å². The molecule has 0 radical (unpaired) electrons. The Balaban J connectivity index is 1.60. The Labute approximate surface area is 182 Å². The maximum Gasteiger partial charge on any atom is 0.294 e. The molecule has 4 aromatic rings. The van der Waals surface area contributed by atoms with Crippen LogP contribution in [0.5, 0.6) is 0 Å². The van der Waals surface area contributed by atoms with Gasteiger partial charge in [-0.05, 0) is 56.0 Å². The van der Waals surface area contributed by atoms with Gasteiger partial charge in [0.15, 0.2) is 22.2 Å². The highest BCUT2D eigenvalue weighted by atomic mass is 32.1. The fraction of sp³-hybridized carbons (Fsp3) is 0.304. The normalized spacial score (nSPS) is 13.9. The minimum absolute atomic E-state index is 0.151. The third-order valence-corrected chi connectivity index (χ3v) is 6.86. The van der Waals surface area contributed by atoms with E-state index in [4.69, 9.17) is 4.42 Å². The summed E-state index contributed by atoms with van der Waals surface area (Å²) in [7, 11) is 0. The second-order valence-corrected chi connectivity index (χ2v) is 8.86. The van der Waals surface area contributed by atoms with E-state index in [9.17, 15) is 9.59 Å². The van der Waals surface area contributed by atoms with Gasteiger partial charge in [-0.3, -0.25) is 9.59 Å². The van der Waals surface area contributed by atoms with Gasteiger partial charge < -0.3 is 9.32 Å². The van der Waals surface area contributed by atoms with Gasteiger partial charge in [0.2, 0.25) is 0 Å². The topological polar surface area (TPSA) is 81.2 Å². The first kappa shape index (κ1) is 19.7. The molecule has 0 N–H and O–H groups in total. The molecule has 5 rings (SSSR count). The Morgan fingerprint density at radius 3 is 2.68 bits per heavy atom. The summed E-state index contributed by atoms with van der Waals surface area (Å²) in [5.74, 6) is 0.381. The van der Waals surface area contributed by atoms with E-state index in [1.807, 2.05) is 26.0 Å². The molecule has 1 aliphatic heterocycles. The van der Waals surface area contributed by atoms with Crippen molar-refractivity contribution in [2.75, 3.05) is 18.0 Å². The maximum atomic E-state index is 13.2. The summed E-state index contributed by atoms with van der Waals surface area (Å²) >= 11 is 1.46. The highest BCUT2D eigenvalue weighted by Gasteiger charge is 2.23. The summed E-state index contributed by atoms with van der Waals surface area (Å²) in [6, 6.07) is 9.13. The lowest BCUT2D eigenvalue weighted by atomic mass is 10.0. The lowest BCUT2D eigenvalue weighted by Gasteiger charge is -2.11. The van der Waals surface area contributed by atoms with E-state index >= 15 is 0 Å². The number of rotatable bonds is 5. The van der Waals surface area contributed by atoms with Crippen molar-refractivity contribution in [1.82, 2.24) is 14.8 Å². The molecule has 0 spiro atoms. The summed E-state index contributed by atoms with van der Waals surface area (Å²) in [4.78, 5) is 33.0. The quantitative estimate of drug-likeness (QED) is 0.438. The Bertz CT molecular complexity index is 1330. The van der Waals surface area contributed by atoms with E-state index in [0.717, 1.165) is 42.2 Å². The Kier molecular flexibility index (Phi) is 4.94. The molecule has 4 heterocycles. The van der Waals surface area contributed by atoms with E-state index in [2.05, 4.69) is 15.0 Å². The van der Waals surface area contributed by atoms with E-state index in [1.54, 1.807) is 24.5 Å². The van der Waals surface area contributed by atoms with Crippen LogP contribution >= 0.6 is 11.3 Å². The molecular weight excluding hydrogens is 412 g/mol. The summed E-state index contributed by atoms with van der Waals surface area (Å²) < 4.78 is 7.48. The van der Waals surface area contributed by atoms with Crippen molar-refractivity contribution < 1.29 is 9.21 Å². The zero-order chi connectivity index (χ0) is 21.5. The highest BCUT2D eigenvalue weighted by molar-refractivity contribution is 7.22. The molecule has 1 fully saturated rings. The van der Waals surface area contributed by atoms with Crippen LogP contribution in [0.4, 0.5) is 5.13 Å². The van der Waals surface area contributed by atoms with Crippen molar-refractivity contribution in [1.29, 1.82) is 0 Å². The van der Waals surface area contributed by atoms with E-state index in [-0.39, 0.29) is 17.9 Å². The summed E-state index contributed by atoms with van der Waals surface area (Å²) in [5.41, 5.74) is 3.23. The molecule has 0 unspecified atom stereocenters. The molecule has 7 nitrogen and oxygen atoms in total. The molecule has 1 aliphatic rings. The molecule has 1 saturated heterocycles. The fourth-order valence-corrected chi connectivity index (χ4v) is 4.91. The Morgan fingerprint density at radius 1 is 1.16 bits per heavy atom. The van der Waals surface area contributed by atoms with Crippen LogP contribution in [-0.4, -0.2) is 33.6 Å². The Morgan fingerprint density at radius 2 is 1.97 bits per heavy atom. The van der Waals surface area contributed by atoms with Crippen molar-refractivity contribution in [3.63, 3.8) is 0 Å². The number of Topliss-reactive ketones (excluding diaryl/α,β-unsaturated/α-hetero) is 1. The minimum Gasteiger partial charge on any atom is -0.463 e. The SMILES string of the molecule is Cc1ccc(C(=O)Cn2nc(-c3ccco3)c3sc(N4CCCC4)nc3c2=O)cc1C. The number of thiazole rings is 1. The first-order valence-electron chi connectivity index (χ1n) is 10.3. The first-order valence-corrected chi connectivity index (χ1v) is 11.1. The number of carbonyl (C=O) groups is 1. The van der Waals surface area contributed by atoms with Gasteiger partial charge >= 0.3 is 0 Å². The minimum atomic E-state index is -0.357. The predicted octanol–water partition coefficient (Wildman–Crippen LogP) is 4.21. The van der Waals surface area contributed by atoms with Crippen LogP contribution in [0.25, 0.3) is 21.7 Å². The number of fused-ring (bicyclic) bond motifs is 1. The monoisotopic (exact) mass is 434 g/mol. The number of benzene rings is 1. The average molecular weight is 435 g/mol. The smallest absolute Gasteiger partial charge is 0.294 e. The van der Waals surface area contributed by atoms with Crippen molar-refractivity contribution >= 4 is 32.5 Å². The number of hydrogen-bond acceptors (Lipinski definition) is 7. The summed E-state index contributed by atoms with van der Waals surface area (Å²) in [5, 5.41) is 5.35.